The number of aliphatic hydroxyl groups is 1. The monoisotopic (exact) mass is 494 g/mol. The van der Waals surface area contributed by atoms with E-state index in [9.17, 15) is 15.0 Å². The van der Waals surface area contributed by atoms with Gasteiger partial charge >= 0.3 is 5.97 Å². The first-order valence-corrected chi connectivity index (χ1v) is 12.5. The normalized spacial score (nSPS) is 13.7. The van der Waals surface area contributed by atoms with Crippen molar-refractivity contribution in [2.75, 3.05) is 14.2 Å². The fourth-order valence-corrected chi connectivity index (χ4v) is 4.75. The largest absolute Gasteiger partial charge is 0.496 e. The van der Waals surface area contributed by atoms with Gasteiger partial charge in [-0.05, 0) is 67.3 Å². The number of methoxy groups -OCH3 is 2. The number of rotatable bonds is 14. The van der Waals surface area contributed by atoms with Gasteiger partial charge in [-0.25, -0.2) is 0 Å². The number of hydrogen-bond donors (Lipinski definition) is 2. The number of hydrogen-bond acceptors (Lipinski definition) is 5. The van der Waals surface area contributed by atoms with Crippen LogP contribution in [0.3, 0.4) is 0 Å². The lowest BCUT2D eigenvalue weighted by Crippen LogP contribution is -2.20. The van der Waals surface area contributed by atoms with Crippen LogP contribution >= 0.6 is 0 Å². The van der Waals surface area contributed by atoms with Gasteiger partial charge in [0.1, 0.15) is 11.5 Å². The molecule has 0 bridgehead atoms. The van der Waals surface area contributed by atoms with Crippen LogP contribution in [-0.2, 0) is 17.8 Å². The van der Waals surface area contributed by atoms with Crippen LogP contribution in [0.5, 0.6) is 11.5 Å². The van der Waals surface area contributed by atoms with Crippen molar-refractivity contribution >= 4 is 5.97 Å². The zero-order valence-electron chi connectivity index (χ0n) is 21.7. The Morgan fingerprint density at radius 1 is 1.08 bits per heavy atom. The molecule has 0 saturated carbocycles. The molecule has 0 aliphatic rings. The lowest BCUT2D eigenvalue weighted by molar-refractivity contribution is -0.137. The van der Waals surface area contributed by atoms with Gasteiger partial charge in [-0.3, -0.25) is 9.48 Å². The predicted molar refractivity (Wildman–Crippen MR) is 140 cm³/mol. The molecule has 0 fully saturated rings. The SMILES string of the molecule is CCC(CC(=O)O)c1cnn(C[C@@H](CCCc2ccccc2)C(O)c2cc(OC)c(C)c(OC)c2)c1. The van der Waals surface area contributed by atoms with Crippen LogP contribution in [0.4, 0.5) is 0 Å². The Hall–Kier alpha value is -3.32. The zero-order chi connectivity index (χ0) is 26.1. The number of carboxylic acids is 1. The number of aliphatic carboxylic acids is 1. The van der Waals surface area contributed by atoms with E-state index in [4.69, 9.17) is 9.47 Å². The molecule has 0 aliphatic carbocycles. The maximum atomic E-state index is 11.5. The molecule has 1 heterocycles. The van der Waals surface area contributed by atoms with Crippen LogP contribution in [-0.4, -0.2) is 40.2 Å². The molecule has 0 spiro atoms. The third kappa shape index (κ3) is 7.10. The van der Waals surface area contributed by atoms with Crippen molar-refractivity contribution in [3.63, 3.8) is 0 Å². The molecular weight excluding hydrogens is 456 g/mol. The maximum absolute atomic E-state index is 11.5. The summed E-state index contributed by atoms with van der Waals surface area (Å²) in [7, 11) is 3.23. The molecule has 194 valence electrons. The number of ether oxygens (including phenoxy) is 2. The second-order valence-electron chi connectivity index (χ2n) is 9.33. The number of aromatic nitrogens is 2. The van der Waals surface area contributed by atoms with E-state index < -0.39 is 12.1 Å². The molecule has 36 heavy (non-hydrogen) atoms. The van der Waals surface area contributed by atoms with Gasteiger partial charge in [0.25, 0.3) is 0 Å². The molecule has 1 aromatic heterocycles. The van der Waals surface area contributed by atoms with Gasteiger partial charge in [0.05, 0.1) is 32.9 Å². The van der Waals surface area contributed by atoms with E-state index in [2.05, 4.69) is 17.2 Å². The first kappa shape index (κ1) is 27.3. The summed E-state index contributed by atoms with van der Waals surface area (Å²) < 4.78 is 12.9. The van der Waals surface area contributed by atoms with Gasteiger partial charge in [-0.15, -0.1) is 0 Å². The molecule has 7 heteroatoms. The van der Waals surface area contributed by atoms with Gasteiger partial charge in [-0.1, -0.05) is 37.3 Å². The lowest BCUT2D eigenvalue weighted by atomic mass is 9.89. The van der Waals surface area contributed by atoms with Crippen LogP contribution in [0.15, 0.2) is 54.9 Å². The van der Waals surface area contributed by atoms with Crippen LogP contribution in [0, 0.1) is 12.8 Å². The lowest BCUT2D eigenvalue weighted by Gasteiger charge is -2.25. The van der Waals surface area contributed by atoms with Crippen molar-refractivity contribution in [3.8, 4) is 11.5 Å². The van der Waals surface area contributed by atoms with E-state index in [1.54, 1.807) is 20.4 Å². The third-order valence-electron chi connectivity index (χ3n) is 6.91. The minimum Gasteiger partial charge on any atom is -0.496 e. The summed E-state index contributed by atoms with van der Waals surface area (Å²) in [6, 6.07) is 14.1. The second kappa shape index (κ2) is 13.1. The summed E-state index contributed by atoms with van der Waals surface area (Å²) in [6.07, 6.45) is 6.35. The first-order valence-electron chi connectivity index (χ1n) is 12.5. The zero-order valence-corrected chi connectivity index (χ0v) is 21.7. The Balaban J connectivity index is 1.83. The van der Waals surface area contributed by atoms with E-state index in [0.717, 1.165) is 42.4 Å². The third-order valence-corrected chi connectivity index (χ3v) is 6.91. The Kier molecular flexibility index (Phi) is 9.94. The number of carbonyl (C=O) groups is 1. The highest BCUT2D eigenvalue weighted by atomic mass is 16.5. The fourth-order valence-electron chi connectivity index (χ4n) is 4.75. The van der Waals surface area contributed by atoms with E-state index >= 15 is 0 Å². The molecule has 3 rings (SSSR count). The minimum atomic E-state index is -0.814. The van der Waals surface area contributed by atoms with Crippen LogP contribution < -0.4 is 9.47 Å². The Morgan fingerprint density at radius 2 is 1.75 bits per heavy atom. The molecule has 0 aliphatic heterocycles. The number of aryl methyl sites for hydroxylation is 1. The topological polar surface area (TPSA) is 93.8 Å². The molecule has 0 radical (unpaired) electrons. The highest BCUT2D eigenvalue weighted by molar-refractivity contribution is 5.68. The van der Waals surface area contributed by atoms with Crippen molar-refractivity contribution in [2.45, 2.75) is 64.5 Å². The quantitative estimate of drug-likeness (QED) is 0.305. The molecule has 2 N–H and O–H groups in total. The fraction of sp³-hybridized carbons (Fsp3) is 0.448. The van der Waals surface area contributed by atoms with E-state index in [1.165, 1.54) is 5.56 Å². The van der Waals surface area contributed by atoms with Gasteiger partial charge in [0, 0.05) is 24.2 Å². The van der Waals surface area contributed by atoms with Gasteiger partial charge < -0.3 is 19.7 Å². The van der Waals surface area contributed by atoms with E-state index in [-0.39, 0.29) is 18.3 Å². The Bertz CT molecular complexity index is 1090. The smallest absolute Gasteiger partial charge is 0.303 e. The van der Waals surface area contributed by atoms with Gasteiger partial charge in [-0.2, -0.15) is 5.10 Å². The van der Waals surface area contributed by atoms with Crippen LogP contribution in [0.2, 0.25) is 0 Å². The van der Waals surface area contributed by atoms with Gasteiger partial charge in [0.2, 0.25) is 0 Å². The molecule has 3 aromatic rings. The average molecular weight is 495 g/mol. The van der Waals surface area contributed by atoms with E-state index in [1.807, 2.05) is 55.1 Å². The molecule has 0 amide bonds. The highest BCUT2D eigenvalue weighted by Gasteiger charge is 2.25. The summed E-state index contributed by atoms with van der Waals surface area (Å²) in [5.41, 5.74) is 3.81. The summed E-state index contributed by atoms with van der Waals surface area (Å²) in [4.78, 5) is 11.3. The number of nitrogens with zero attached hydrogens (tertiary/aromatic N) is 2. The van der Waals surface area contributed by atoms with Crippen LogP contribution in [0.25, 0.3) is 0 Å². The Labute approximate surface area is 213 Å². The minimum absolute atomic E-state index is 0.0777. The van der Waals surface area contributed by atoms with Crippen molar-refractivity contribution in [1.82, 2.24) is 9.78 Å². The summed E-state index contributed by atoms with van der Waals surface area (Å²) in [5.74, 6) is 0.340. The van der Waals surface area contributed by atoms with Crippen molar-refractivity contribution in [3.05, 3.63) is 77.1 Å². The summed E-state index contributed by atoms with van der Waals surface area (Å²) in [6.45, 7) is 4.43. The Morgan fingerprint density at radius 3 is 2.33 bits per heavy atom. The molecule has 7 nitrogen and oxygen atoms in total. The van der Waals surface area contributed by atoms with Crippen LogP contribution in [0.1, 0.15) is 66.9 Å². The standard InChI is InChI=1S/C29H38N2O5/c1-5-22(16-28(32)33)25-17-30-31(19-25)18-23(13-9-12-21-10-7-6-8-11-21)29(34)24-14-26(35-3)20(2)27(15-24)36-4/h6-8,10-11,14-15,17,19,22-23,29,34H,5,9,12-13,16,18H2,1-4H3,(H,32,33)/t22?,23-,29?/m1/s1. The van der Waals surface area contributed by atoms with Crippen molar-refractivity contribution in [2.24, 2.45) is 5.92 Å². The molecule has 3 atom stereocenters. The van der Waals surface area contributed by atoms with E-state index in [0.29, 0.717) is 18.0 Å². The average Bonchev–Trinajstić information content (AvgIpc) is 3.35. The van der Waals surface area contributed by atoms with Gasteiger partial charge in [0.15, 0.2) is 0 Å². The summed E-state index contributed by atoms with van der Waals surface area (Å²) >= 11 is 0. The predicted octanol–water partition coefficient (Wildman–Crippen LogP) is 5.55. The highest BCUT2D eigenvalue weighted by Crippen LogP contribution is 2.36. The number of aliphatic hydroxyl groups excluding tert-OH is 1. The van der Waals surface area contributed by atoms with Crippen molar-refractivity contribution < 1.29 is 24.5 Å². The van der Waals surface area contributed by atoms with Crippen molar-refractivity contribution in [1.29, 1.82) is 0 Å². The summed E-state index contributed by atoms with van der Waals surface area (Å²) in [5, 5.41) is 25.3. The molecule has 2 aromatic carbocycles. The molecular formula is C29H38N2O5. The number of carboxylic acid groups (broad SMARTS) is 1. The second-order valence-corrected chi connectivity index (χ2v) is 9.33. The molecule has 2 unspecified atom stereocenters. The maximum Gasteiger partial charge on any atom is 0.303 e. The number of benzene rings is 2. The molecule has 0 saturated heterocycles. The first-order chi connectivity index (χ1) is 17.4.